The van der Waals surface area contributed by atoms with Gasteiger partial charge in [-0.15, -0.1) is 0 Å². The summed E-state index contributed by atoms with van der Waals surface area (Å²) in [6.45, 7) is 0. The maximum Gasteiger partial charge on any atom is 0.227 e. The van der Waals surface area contributed by atoms with Crippen molar-refractivity contribution in [3.05, 3.63) is 218 Å². The van der Waals surface area contributed by atoms with Gasteiger partial charge in [-0.05, 0) is 71.8 Å². The van der Waals surface area contributed by atoms with Gasteiger partial charge in [0.25, 0.3) is 0 Å². The molecule has 0 saturated heterocycles. The third-order valence-corrected chi connectivity index (χ3v) is 12.4. The molecule has 0 radical (unpaired) electrons. The van der Waals surface area contributed by atoms with Gasteiger partial charge in [0.1, 0.15) is 5.52 Å². The van der Waals surface area contributed by atoms with E-state index in [-0.39, 0.29) is 0 Å². The molecule has 0 atom stereocenters. The molecule has 13 rings (SSSR count). The second-order valence-corrected chi connectivity index (χ2v) is 16.2. The van der Waals surface area contributed by atoms with Gasteiger partial charge in [0.15, 0.2) is 23.1 Å². The van der Waals surface area contributed by atoms with Crippen LogP contribution in [0.2, 0.25) is 0 Å². The molecule has 0 saturated carbocycles. The summed E-state index contributed by atoms with van der Waals surface area (Å²) in [5.41, 5.74) is 13.7. The van der Waals surface area contributed by atoms with E-state index in [9.17, 15) is 0 Å². The molecule has 4 aromatic heterocycles. The maximum atomic E-state index is 6.47. The molecule has 13 aromatic rings. The summed E-state index contributed by atoms with van der Waals surface area (Å²) in [5.74, 6) is 2.18. The SMILES string of the molecule is c1ccc(-c2nc(-c3ccccc3-c3ccc(-n4c5ccccc5c5ccc6c7ccccc7n(-c7ccccc7)c6c54)cc3)nc(-c3cccc4nc(-c5ccccc5)oc34)n2)cc1. The lowest BCUT2D eigenvalue weighted by molar-refractivity contribution is 0.620. The van der Waals surface area contributed by atoms with Gasteiger partial charge in [0.05, 0.1) is 27.6 Å². The lowest BCUT2D eigenvalue weighted by Crippen LogP contribution is -2.01. The molecule has 0 N–H and O–H groups in total. The molecule has 304 valence electrons. The van der Waals surface area contributed by atoms with E-state index in [1.165, 1.54) is 38.1 Å². The molecular formula is C58H36N6O. The first-order chi connectivity index (χ1) is 32.2. The average molecular weight is 833 g/mol. The van der Waals surface area contributed by atoms with Gasteiger partial charge < -0.3 is 13.6 Å². The number of oxazole rings is 1. The standard InChI is InChI=1S/C58H36N6O/c1-4-17-38(18-5-1)55-60-56(62-57(61-55)48-27-16-28-49-54(48)65-58(59-49)39-19-6-2-7-20-39)47-26-11-10-23-42(47)37-31-33-41(34-32-37)64-51-30-15-13-25-44(51)46-36-35-45-43-24-12-14-29-50(43)63(52(45)53(46)64)40-21-8-3-9-22-40/h1-36H. The zero-order valence-electron chi connectivity index (χ0n) is 34.9. The summed E-state index contributed by atoms with van der Waals surface area (Å²) < 4.78 is 11.3. The van der Waals surface area contributed by atoms with Gasteiger partial charge in [-0.2, -0.15) is 0 Å². The molecule has 0 aliphatic carbocycles. The third-order valence-electron chi connectivity index (χ3n) is 12.4. The fourth-order valence-electron chi connectivity index (χ4n) is 9.50. The molecular weight excluding hydrogens is 797 g/mol. The zero-order valence-corrected chi connectivity index (χ0v) is 34.9. The molecule has 65 heavy (non-hydrogen) atoms. The van der Waals surface area contributed by atoms with E-state index in [2.05, 4.69) is 143 Å². The van der Waals surface area contributed by atoms with Crippen molar-refractivity contribution in [1.82, 2.24) is 29.1 Å². The highest BCUT2D eigenvalue weighted by atomic mass is 16.3. The Morgan fingerprint density at radius 1 is 0.308 bits per heavy atom. The summed E-state index contributed by atoms with van der Waals surface area (Å²) in [6, 6.07) is 75.8. The topological polar surface area (TPSA) is 74.6 Å². The Balaban J connectivity index is 0.978. The Morgan fingerprint density at radius 3 is 1.45 bits per heavy atom. The highest BCUT2D eigenvalue weighted by Crippen LogP contribution is 2.42. The third kappa shape index (κ3) is 5.98. The number of fused-ring (bicyclic) bond motifs is 8. The van der Waals surface area contributed by atoms with Crippen molar-refractivity contribution in [2.75, 3.05) is 0 Å². The fourth-order valence-corrected chi connectivity index (χ4v) is 9.50. The van der Waals surface area contributed by atoms with Crippen LogP contribution in [-0.2, 0) is 0 Å². The Morgan fingerprint density at radius 2 is 0.800 bits per heavy atom. The van der Waals surface area contributed by atoms with E-state index in [1.807, 2.05) is 84.9 Å². The first-order valence-electron chi connectivity index (χ1n) is 21.7. The molecule has 0 fully saturated rings. The second-order valence-electron chi connectivity index (χ2n) is 16.2. The fraction of sp³-hybridized carbons (Fsp3) is 0. The molecule has 0 spiro atoms. The first kappa shape index (κ1) is 36.7. The lowest BCUT2D eigenvalue weighted by atomic mass is 9.98. The Hall–Kier alpha value is -8.94. The largest absolute Gasteiger partial charge is 0.435 e. The quantitative estimate of drug-likeness (QED) is 0.160. The van der Waals surface area contributed by atoms with Crippen molar-refractivity contribution in [3.8, 4) is 68.1 Å². The average Bonchev–Trinajstić information content (AvgIpc) is 4.08. The van der Waals surface area contributed by atoms with Crippen LogP contribution in [0.1, 0.15) is 0 Å². The number of hydrogen-bond donors (Lipinski definition) is 0. The Labute approximate surface area is 373 Å². The van der Waals surface area contributed by atoms with Gasteiger partial charge in [-0.3, -0.25) is 0 Å². The van der Waals surface area contributed by atoms with E-state index in [0.29, 0.717) is 28.9 Å². The van der Waals surface area contributed by atoms with Gasteiger partial charge in [-0.25, -0.2) is 19.9 Å². The molecule has 7 heteroatoms. The van der Waals surface area contributed by atoms with E-state index in [0.717, 1.165) is 55.8 Å². The lowest BCUT2D eigenvalue weighted by Gasteiger charge is -2.14. The number of hydrogen-bond acceptors (Lipinski definition) is 5. The van der Waals surface area contributed by atoms with Crippen molar-refractivity contribution < 1.29 is 4.42 Å². The Kier molecular flexibility index (Phi) is 8.39. The number of para-hydroxylation sites is 4. The molecule has 0 aliphatic heterocycles. The van der Waals surface area contributed by atoms with Crippen LogP contribution in [0.4, 0.5) is 0 Å². The van der Waals surface area contributed by atoms with Crippen LogP contribution < -0.4 is 0 Å². The summed E-state index contributed by atoms with van der Waals surface area (Å²) in [5, 5.41) is 4.86. The summed E-state index contributed by atoms with van der Waals surface area (Å²) in [4.78, 5) is 20.3. The van der Waals surface area contributed by atoms with Crippen LogP contribution in [0.5, 0.6) is 0 Å². The molecule has 7 nitrogen and oxygen atoms in total. The van der Waals surface area contributed by atoms with Crippen molar-refractivity contribution in [2.24, 2.45) is 0 Å². The predicted molar refractivity (Wildman–Crippen MR) is 263 cm³/mol. The molecule has 4 heterocycles. The number of benzene rings is 9. The molecule has 0 aliphatic rings. The van der Waals surface area contributed by atoms with Crippen molar-refractivity contribution in [1.29, 1.82) is 0 Å². The Bertz CT molecular complexity index is 3930. The minimum absolute atomic E-state index is 0.506. The van der Waals surface area contributed by atoms with Crippen molar-refractivity contribution >= 4 is 54.7 Å². The summed E-state index contributed by atoms with van der Waals surface area (Å²) in [6.07, 6.45) is 0. The summed E-state index contributed by atoms with van der Waals surface area (Å²) >= 11 is 0. The minimum atomic E-state index is 0.506. The van der Waals surface area contributed by atoms with Gasteiger partial charge in [-0.1, -0.05) is 158 Å². The van der Waals surface area contributed by atoms with E-state index in [4.69, 9.17) is 24.4 Å². The minimum Gasteiger partial charge on any atom is -0.435 e. The van der Waals surface area contributed by atoms with Crippen LogP contribution >= 0.6 is 0 Å². The normalized spacial score (nSPS) is 11.7. The van der Waals surface area contributed by atoms with Crippen LogP contribution in [-0.4, -0.2) is 29.1 Å². The monoisotopic (exact) mass is 832 g/mol. The molecule has 0 bridgehead atoms. The summed E-state index contributed by atoms with van der Waals surface area (Å²) in [7, 11) is 0. The van der Waals surface area contributed by atoms with E-state index in [1.54, 1.807) is 0 Å². The van der Waals surface area contributed by atoms with Gasteiger partial charge >= 0.3 is 0 Å². The number of nitrogens with zero attached hydrogens (tertiary/aromatic N) is 6. The van der Waals surface area contributed by atoms with E-state index < -0.39 is 0 Å². The predicted octanol–water partition coefficient (Wildman–Crippen LogP) is 14.5. The maximum absolute atomic E-state index is 6.47. The van der Waals surface area contributed by atoms with Crippen molar-refractivity contribution in [2.45, 2.75) is 0 Å². The second kappa shape index (κ2) is 14.9. The number of rotatable bonds is 7. The van der Waals surface area contributed by atoms with Crippen LogP contribution in [0, 0.1) is 0 Å². The smallest absolute Gasteiger partial charge is 0.227 e. The molecule has 0 unspecified atom stereocenters. The number of aromatic nitrogens is 6. The van der Waals surface area contributed by atoms with Gasteiger partial charge in [0.2, 0.25) is 5.89 Å². The van der Waals surface area contributed by atoms with Crippen LogP contribution in [0.15, 0.2) is 223 Å². The van der Waals surface area contributed by atoms with E-state index >= 15 is 0 Å². The van der Waals surface area contributed by atoms with Crippen LogP contribution in [0.3, 0.4) is 0 Å². The van der Waals surface area contributed by atoms with Crippen LogP contribution in [0.25, 0.3) is 123 Å². The highest BCUT2D eigenvalue weighted by Gasteiger charge is 2.23. The van der Waals surface area contributed by atoms with Crippen molar-refractivity contribution in [3.63, 3.8) is 0 Å². The highest BCUT2D eigenvalue weighted by molar-refractivity contribution is 6.23. The zero-order chi connectivity index (χ0) is 42.8. The molecule has 9 aromatic carbocycles. The van der Waals surface area contributed by atoms with Gasteiger partial charge in [0, 0.05) is 49.6 Å². The first-order valence-corrected chi connectivity index (χ1v) is 21.7. The molecule has 0 amide bonds.